The van der Waals surface area contributed by atoms with Crippen molar-refractivity contribution in [1.29, 1.82) is 5.41 Å². The number of aryl methyl sites for hydroxylation is 1. The van der Waals surface area contributed by atoms with Gasteiger partial charge in [-0.2, -0.15) is 0 Å². The number of hydrogen-bond donors (Lipinski definition) is 1. The first-order chi connectivity index (χ1) is 6.57. The third-order valence-electron chi connectivity index (χ3n) is 1.83. The molecule has 0 aliphatic rings. The number of aliphatic imine (C=N–C) groups is 1. The Hall–Kier alpha value is -1.65. The topological polar surface area (TPSA) is 57.3 Å². The molecule has 1 heterocycles. The highest BCUT2D eigenvalue weighted by Gasteiger charge is 2.13. The van der Waals surface area contributed by atoms with Gasteiger partial charge in [0.2, 0.25) is 0 Å². The third-order valence-corrected chi connectivity index (χ3v) is 1.83. The molecule has 0 aliphatic heterocycles. The number of rotatable bonds is 2. The van der Waals surface area contributed by atoms with Crippen LogP contribution in [0.15, 0.2) is 11.3 Å². The number of nitrogens with one attached hydrogen (secondary N) is 1. The monoisotopic (exact) mass is 193 g/mol. The average Bonchev–Trinajstić information content (AvgIpc) is 2.48. The first-order valence-corrected chi connectivity index (χ1v) is 4.34. The first kappa shape index (κ1) is 10.4. The molecule has 0 saturated carbocycles. The van der Waals surface area contributed by atoms with Crippen LogP contribution in [0.25, 0.3) is 0 Å². The molecule has 0 saturated heterocycles. The quantitative estimate of drug-likeness (QED) is 0.563. The van der Waals surface area contributed by atoms with Gasteiger partial charge < -0.3 is 9.47 Å². The maximum absolute atomic E-state index is 7.79. The van der Waals surface area contributed by atoms with Crippen molar-refractivity contribution in [3.8, 4) is 0 Å². The zero-order chi connectivity index (χ0) is 10.7. The van der Waals surface area contributed by atoms with Gasteiger partial charge in [0.05, 0.1) is 6.33 Å². The highest BCUT2D eigenvalue weighted by Crippen LogP contribution is 2.17. The van der Waals surface area contributed by atoms with Gasteiger partial charge in [0, 0.05) is 27.4 Å². The molecule has 5 heteroatoms. The smallest absolute Gasteiger partial charge is 0.163 e. The van der Waals surface area contributed by atoms with Crippen LogP contribution in [0.5, 0.6) is 0 Å². The highest BCUT2D eigenvalue weighted by molar-refractivity contribution is 5.98. The van der Waals surface area contributed by atoms with E-state index in [1.54, 1.807) is 22.0 Å². The lowest BCUT2D eigenvalue weighted by atomic mass is 10.3. The van der Waals surface area contributed by atoms with Crippen molar-refractivity contribution in [2.75, 3.05) is 14.1 Å². The van der Waals surface area contributed by atoms with E-state index >= 15 is 0 Å². The molecule has 14 heavy (non-hydrogen) atoms. The Morgan fingerprint density at radius 1 is 1.64 bits per heavy atom. The SMILES string of the molecule is CC=Nc1c(C(=N)N(C)C)ncn1C. The molecule has 1 aromatic heterocycles. The minimum Gasteiger partial charge on any atom is -0.361 e. The van der Waals surface area contributed by atoms with E-state index in [0.29, 0.717) is 17.3 Å². The molecule has 0 unspecified atom stereocenters. The van der Waals surface area contributed by atoms with E-state index in [9.17, 15) is 0 Å². The van der Waals surface area contributed by atoms with Crippen molar-refractivity contribution >= 4 is 17.9 Å². The summed E-state index contributed by atoms with van der Waals surface area (Å²) >= 11 is 0. The zero-order valence-corrected chi connectivity index (χ0v) is 8.94. The van der Waals surface area contributed by atoms with Gasteiger partial charge in [0.25, 0.3) is 0 Å². The normalized spacial score (nSPS) is 10.9. The fourth-order valence-electron chi connectivity index (χ4n) is 1.08. The number of nitrogens with zero attached hydrogens (tertiary/aromatic N) is 4. The Bertz CT molecular complexity index is 361. The molecule has 1 rings (SSSR count). The minimum atomic E-state index is 0.367. The molecule has 76 valence electrons. The fourth-order valence-corrected chi connectivity index (χ4v) is 1.08. The summed E-state index contributed by atoms with van der Waals surface area (Å²) in [4.78, 5) is 10.0. The molecule has 0 radical (unpaired) electrons. The van der Waals surface area contributed by atoms with Gasteiger partial charge in [-0.15, -0.1) is 0 Å². The van der Waals surface area contributed by atoms with E-state index in [2.05, 4.69) is 9.98 Å². The third kappa shape index (κ3) is 1.81. The van der Waals surface area contributed by atoms with Gasteiger partial charge in [-0.05, 0) is 6.92 Å². The molecule has 0 spiro atoms. The van der Waals surface area contributed by atoms with E-state index in [-0.39, 0.29) is 0 Å². The number of hydrogen-bond acceptors (Lipinski definition) is 3. The van der Waals surface area contributed by atoms with E-state index in [1.807, 2.05) is 28.1 Å². The minimum absolute atomic E-state index is 0.367. The summed E-state index contributed by atoms with van der Waals surface area (Å²) in [5.41, 5.74) is 0.607. The lowest BCUT2D eigenvalue weighted by Gasteiger charge is -2.11. The van der Waals surface area contributed by atoms with Crippen molar-refractivity contribution in [2.24, 2.45) is 12.0 Å². The molecular formula is C9H15N5. The number of amidine groups is 1. The molecule has 0 aliphatic carbocycles. The Balaban J connectivity index is 3.15. The molecule has 5 nitrogen and oxygen atoms in total. The van der Waals surface area contributed by atoms with Crippen LogP contribution in [0.2, 0.25) is 0 Å². The molecule has 0 fully saturated rings. The molecule has 0 bridgehead atoms. The van der Waals surface area contributed by atoms with E-state index < -0.39 is 0 Å². The van der Waals surface area contributed by atoms with Gasteiger partial charge in [0.15, 0.2) is 11.7 Å². The summed E-state index contributed by atoms with van der Waals surface area (Å²) in [5, 5.41) is 7.79. The Kier molecular flexibility index (Phi) is 3.01. The zero-order valence-electron chi connectivity index (χ0n) is 8.94. The summed E-state index contributed by atoms with van der Waals surface area (Å²) in [6, 6.07) is 0. The summed E-state index contributed by atoms with van der Waals surface area (Å²) in [7, 11) is 5.49. The molecule has 1 N–H and O–H groups in total. The lowest BCUT2D eigenvalue weighted by molar-refractivity contribution is 0.617. The van der Waals surface area contributed by atoms with Crippen LogP contribution < -0.4 is 0 Å². The van der Waals surface area contributed by atoms with Gasteiger partial charge >= 0.3 is 0 Å². The molecular weight excluding hydrogens is 178 g/mol. The van der Waals surface area contributed by atoms with Crippen LogP contribution in [0, 0.1) is 5.41 Å². The molecule has 0 aromatic carbocycles. The maximum atomic E-state index is 7.79. The summed E-state index contributed by atoms with van der Waals surface area (Å²) in [6.45, 7) is 1.84. The summed E-state index contributed by atoms with van der Waals surface area (Å²) < 4.78 is 1.80. The van der Waals surface area contributed by atoms with E-state index in [4.69, 9.17) is 5.41 Å². The number of imidazole rings is 1. The van der Waals surface area contributed by atoms with Crippen LogP contribution in [0.1, 0.15) is 12.6 Å². The fraction of sp³-hybridized carbons (Fsp3) is 0.444. The highest BCUT2D eigenvalue weighted by atomic mass is 15.2. The lowest BCUT2D eigenvalue weighted by Crippen LogP contribution is -2.22. The molecule has 0 atom stereocenters. The Morgan fingerprint density at radius 3 is 2.79 bits per heavy atom. The van der Waals surface area contributed by atoms with Crippen LogP contribution in [-0.2, 0) is 7.05 Å². The van der Waals surface area contributed by atoms with Gasteiger partial charge in [-0.25, -0.2) is 9.98 Å². The van der Waals surface area contributed by atoms with Crippen molar-refractivity contribution in [3.63, 3.8) is 0 Å². The molecule has 0 amide bonds. The average molecular weight is 193 g/mol. The Labute approximate surface area is 83.6 Å². The van der Waals surface area contributed by atoms with Crippen LogP contribution in [0.3, 0.4) is 0 Å². The number of aromatic nitrogens is 2. The summed E-state index contributed by atoms with van der Waals surface area (Å²) in [5.74, 6) is 1.08. The second-order valence-corrected chi connectivity index (χ2v) is 3.16. The van der Waals surface area contributed by atoms with E-state index in [0.717, 1.165) is 0 Å². The second kappa shape index (κ2) is 4.04. The largest absolute Gasteiger partial charge is 0.361 e. The Morgan fingerprint density at radius 2 is 2.29 bits per heavy atom. The van der Waals surface area contributed by atoms with Crippen LogP contribution >= 0.6 is 0 Å². The van der Waals surface area contributed by atoms with Crippen LogP contribution in [0.4, 0.5) is 5.82 Å². The van der Waals surface area contributed by atoms with Crippen molar-refractivity contribution in [2.45, 2.75) is 6.92 Å². The van der Waals surface area contributed by atoms with Gasteiger partial charge in [-0.1, -0.05) is 0 Å². The van der Waals surface area contributed by atoms with Crippen molar-refractivity contribution in [1.82, 2.24) is 14.5 Å². The standard InChI is InChI=1S/C9H15N5/c1-5-11-9-7(8(10)13(2)3)12-6-14(9)4/h5-6,10H,1-4H3. The maximum Gasteiger partial charge on any atom is 0.163 e. The first-order valence-electron chi connectivity index (χ1n) is 4.34. The predicted molar refractivity (Wildman–Crippen MR) is 57.5 cm³/mol. The van der Waals surface area contributed by atoms with Crippen LogP contribution in [-0.4, -0.2) is 40.6 Å². The van der Waals surface area contributed by atoms with Gasteiger partial charge in [-0.3, -0.25) is 5.41 Å². The summed E-state index contributed by atoms with van der Waals surface area (Å²) in [6.07, 6.45) is 3.36. The molecule has 1 aromatic rings. The van der Waals surface area contributed by atoms with Crippen molar-refractivity contribution in [3.05, 3.63) is 12.0 Å². The second-order valence-electron chi connectivity index (χ2n) is 3.16. The van der Waals surface area contributed by atoms with Crippen molar-refractivity contribution < 1.29 is 0 Å². The predicted octanol–water partition coefficient (Wildman–Crippen LogP) is 1.03. The van der Waals surface area contributed by atoms with E-state index in [1.165, 1.54) is 0 Å². The van der Waals surface area contributed by atoms with Gasteiger partial charge in [0.1, 0.15) is 5.69 Å².